The fourth-order valence-corrected chi connectivity index (χ4v) is 4.55. The largest absolute Gasteiger partial charge is 0.444 e. The van der Waals surface area contributed by atoms with Gasteiger partial charge in [0.2, 0.25) is 0 Å². The number of nitrogens with zero attached hydrogens (tertiary/aromatic N) is 2. The molecule has 25 heavy (non-hydrogen) atoms. The fourth-order valence-electron chi connectivity index (χ4n) is 3.61. The lowest BCUT2D eigenvalue weighted by molar-refractivity contribution is -0.0784. The monoisotopic (exact) mass is 366 g/mol. The summed E-state index contributed by atoms with van der Waals surface area (Å²) in [7, 11) is -3.24. The molecule has 0 spiro atoms. The van der Waals surface area contributed by atoms with E-state index in [1.54, 1.807) is 17.0 Å². The van der Waals surface area contributed by atoms with Crippen molar-refractivity contribution in [3.63, 3.8) is 0 Å². The van der Waals surface area contributed by atoms with Crippen molar-refractivity contribution in [2.75, 3.05) is 19.3 Å². The van der Waals surface area contributed by atoms with Crippen LogP contribution in [0, 0.1) is 0 Å². The van der Waals surface area contributed by atoms with Gasteiger partial charge in [0.25, 0.3) is 0 Å². The quantitative estimate of drug-likeness (QED) is 0.821. The molecule has 3 heterocycles. The second-order valence-electron chi connectivity index (χ2n) is 7.98. The van der Waals surface area contributed by atoms with Crippen LogP contribution >= 0.6 is 0 Å². The molecule has 3 fully saturated rings. The van der Waals surface area contributed by atoms with Crippen LogP contribution in [0.4, 0.5) is 4.79 Å². The van der Waals surface area contributed by atoms with E-state index in [1.807, 2.05) is 32.9 Å². The number of rotatable bonds is 3. The Hall–Kier alpha value is -1.60. The molecule has 1 aromatic rings. The highest BCUT2D eigenvalue weighted by Crippen LogP contribution is 2.35. The summed E-state index contributed by atoms with van der Waals surface area (Å²) in [5.41, 5.74) is 0.331. The first-order valence-electron chi connectivity index (χ1n) is 8.56. The molecule has 0 aliphatic carbocycles. The molecular weight excluding hydrogens is 340 g/mol. The van der Waals surface area contributed by atoms with E-state index in [-0.39, 0.29) is 18.2 Å². The van der Waals surface area contributed by atoms with Gasteiger partial charge in [-0.1, -0.05) is 18.2 Å². The normalized spacial score (nSPS) is 23.9. The molecule has 6 nitrogen and oxygen atoms in total. The van der Waals surface area contributed by atoms with Gasteiger partial charge in [-0.3, -0.25) is 4.90 Å². The van der Waals surface area contributed by atoms with E-state index < -0.39 is 15.4 Å². The van der Waals surface area contributed by atoms with Crippen molar-refractivity contribution in [3.05, 3.63) is 29.8 Å². The predicted octanol–water partition coefficient (Wildman–Crippen LogP) is 2.28. The summed E-state index contributed by atoms with van der Waals surface area (Å²) in [5.74, 6) is 0. The number of carbonyl (C=O) groups is 1. The summed E-state index contributed by atoms with van der Waals surface area (Å²) in [6.07, 6.45) is 2.02. The van der Waals surface area contributed by atoms with Crippen LogP contribution in [-0.2, 0) is 21.1 Å². The molecule has 138 valence electrons. The van der Waals surface area contributed by atoms with Crippen molar-refractivity contribution in [3.8, 4) is 0 Å². The summed E-state index contributed by atoms with van der Waals surface area (Å²) >= 11 is 0. The molecular formula is C18H26N2O4S. The van der Waals surface area contributed by atoms with E-state index >= 15 is 0 Å². The number of ether oxygens (including phenoxy) is 1. The first kappa shape index (κ1) is 18.2. The molecule has 3 aliphatic heterocycles. The van der Waals surface area contributed by atoms with Crippen LogP contribution in [0.15, 0.2) is 29.2 Å². The number of benzene rings is 1. The van der Waals surface area contributed by atoms with Gasteiger partial charge < -0.3 is 9.64 Å². The molecule has 1 aromatic carbocycles. The smallest absolute Gasteiger partial charge is 0.410 e. The number of sulfone groups is 1. The summed E-state index contributed by atoms with van der Waals surface area (Å²) in [6.45, 7) is 7.46. The molecule has 0 N–H and O–H groups in total. The number of fused-ring (bicyclic) bond motifs is 2. The second kappa shape index (κ2) is 6.29. The third kappa shape index (κ3) is 3.98. The van der Waals surface area contributed by atoms with Crippen LogP contribution in [-0.4, -0.2) is 61.3 Å². The zero-order valence-corrected chi connectivity index (χ0v) is 16.0. The van der Waals surface area contributed by atoms with Crippen molar-refractivity contribution in [1.29, 1.82) is 0 Å². The molecule has 0 aromatic heterocycles. The molecule has 1 amide bonds. The molecule has 0 radical (unpaired) electrons. The highest BCUT2D eigenvalue weighted by Gasteiger charge is 2.46. The van der Waals surface area contributed by atoms with Crippen LogP contribution in [0.1, 0.15) is 32.8 Å². The first-order chi connectivity index (χ1) is 11.5. The Kier molecular flexibility index (Phi) is 4.58. The predicted molar refractivity (Wildman–Crippen MR) is 95.1 cm³/mol. The van der Waals surface area contributed by atoms with Crippen molar-refractivity contribution in [1.82, 2.24) is 9.80 Å². The third-order valence-electron chi connectivity index (χ3n) is 4.72. The third-order valence-corrected chi connectivity index (χ3v) is 5.92. The Labute approximate surface area is 149 Å². The summed E-state index contributed by atoms with van der Waals surface area (Å²) in [6, 6.07) is 7.68. The minimum atomic E-state index is -3.24. The van der Waals surface area contributed by atoms with Gasteiger partial charge in [-0.2, -0.15) is 0 Å². The van der Waals surface area contributed by atoms with Crippen LogP contribution in [0.25, 0.3) is 0 Å². The van der Waals surface area contributed by atoms with E-state index in [0.717, 1.165) is 12.0 Å². The van der Waals surface area contributed by atoms with Gasteiger partial charge in [0.05, 0.1) is 4.90 Å². The lowest BCUT2D eigenvalue weighted by Gasteiger charge is -2.56. The maximum atomic E-state index is 12.2. The van der Waals surface area contributed by atoms with Crippen molar-refractivity contribution >= 4 is 15.9 Å². The Morgan fingerprint density at radius 3 is 2.36 bits per heavy atom. The number of piperazine rings is 1. The zero-order chi connectivity index (χ0) is 18.4. The maximum Gasteiger partial charge on any atom is 0.410 e. The van der Waals surface area contributed by atoms with E-state index in [2.05, 4.69) is 4.90 Å². The molecule has 0 saturated carbocycles. The number of piperidine rings is 1. The van der Waals surface area contributed by atoms with Gasteiger partial charge in [0.15, 0.2) is 9.84 Å². The van der Waals surface area contributed by atoms with Crippen LogP contribution in [0.2, 0.25) is 0 Å². The standard InChI is InChI=1S/C18H26N2O4S/c1-18(2,3)24-17(21)19-11-14-9-15(12-19)20(14)10-13-7-5-6-8-16(13)25(4,22)23/h5-8,14-15H,9-12H2,1-4H3. The first-order valence-corrected chi connectivity index (χ1v) is 10.5. The van der Waals surface area contributed by atoms with Gasteiger partial charge in [-0.25, -0.2) is 13.2 Å². The molecule has 3 saturated heterocycles. The average molecular weight is 366 g/mol. The van der Waals surface area contributed by atoms with Gasteiger partial charge in [0.1, 0.15) is 5.60 Å². The van der Waals surface area contributed by atoms with E-state index in [4.69, 9.17) is 4.74 Å². The molecule has 2 unspecified atom stereocenters. The lowest BCUT2D eigenvalue weighted by atomic mass is 9.87. The maximum absolute atomic E-state index is 12.2. The Bertz CT molecular complexity index is 758. The Morgan fingerprint density at radius 2 is 1.80 bits per heavy atom. The SMILES string of the molecule is CC(C)(C)OC(=O)N1CC2CC(C1)N2Cc1ccccc1S(C)(=O)=O. The molecule has 2 atom stereocenters. The highest BCUT2D eigenvalue weighted by molar-refractivity contribution is 7.90. The van der Waals surface area contributed by atoms with Crippen molar-refractivity contribution in [2.45, 2.75) is 56.3 Å². The van der Waals surface area contributed by atoms with Crippen molar-refractivity contribution < 1.29 is 17.9 Å². The van der Waals surface area contributed by atoms with E-state index in [1.165, 1.54) is 6.26 Å². The number of hydrogen-bond donors (Lipinski definition) is 0. The highest BCUT2D eigenvalue weighted by atomic mass is 32.2. The summed E-state index contributed by atoms with van der Waals surface area (Å²) in [5, 5.41) is 0. The topological polar surface area (TPSA) is 66.9 Å². The van der Waals surface area contributed by atoms with Crippen LogP contribution < -0.4 is 0 Å². The molecule has 3 aliphatic rings. The summed E-state index contributed by atoms with van der Waals surface area (Å²) in [4.78, 5) is 16.7. The summed E-state index contributed by atoms with van der Waals surface area (Å²) < 4.78 is 29.4. The number of carbonyl (C=O) groups excluding carboxylic acids is 1. The second-order valence-corrected chi connectivity index (χ2v) is 9.97. The fraction of sp³-hybridized carbons (Fsp3) is 0.611. The Morgan fingerprint density at radius 1 is 1.20 bits per heavy atom. The van der Waals surface area contributed by atoms with Crippen molar-refractivity contribution in [2.24, 2.45) is 0 Å². The van der Waals surface area contributed by atoms with Gasteiger partial charge >= 0.3 is 6.09 Å². The van der Waals surface area contributed by atoms with Crippen LogP contribution in [0.3, 0.4) is 0 Å². The van der Waals surface area contributed by atoms with Crippen LogP contribution in [0.5, 0.6) is 0 Å². The minimum Gasteiger partial charge on any atom is -0.444 e. The van der Waals surface area contributed by atoms with E-state index in [0.29, 0.717) is 24.5 Å². The number of amides is 1. The van der Waals surface area contributed by atoms with Gasteiger partial charge in [0, 0.05) is 38.0 Å². The van der Waals surface area contributed by atoms with E-state index in [9.17, 15) is 13.2 Å². The molecule has 7 heteroatoms. The van der Waals surface area contributed by atoms with Gasteiger partial charge in [-0.05, 0) is 38.8 Å². The minimum absolute atomic E-state index is 0.263. The zero-order valence-electron chi connectivity index (χ0n) is 15.2. The molecule has 4 rings (SSSR count). The Balaban J connectivity index is 1.67. The lowest BCUT2D eigenvalue weighted by Crippen LogP contribution is -2.69. The average Bonchev–Trinajstić information content (AvgIpc) is 2.50. The van der Waals surface area contributed by atoms with Gasteiger partial charge in [-0.15, -0.1) is 0 Å². The number of hydrogen-bond acceptors (Lipinski definition) is 5. The molecule has 2 bridgehead atoms.